The van der Waals surface area contributed by atoms with Gasteiger partial charge < -0.3 is 10.0 Å². The summed E-state index contributed by atoms with van der Waals surface area (Å²) in [5.41, 5.74) is 0. The van der Waals surface area contributed by atoms with Crippen molar-refractivity contribution in [3.8, 4) is 0 Å². The first-order valence-corrected chi connectivity index (χ1v) is 4.65. The molecule has 0 saturated carbocycles. The Morgan fingerprint density at radius 2 is 1.64 bits per heavy atom. The number of hydrogen-bond acceptors (Lipinski definition) is 2. The molecule has 1 unspecified atom stereocenters. The molecule has 1 N–H and O–H groups in total. The van der Waals surface area contributed by atoms with Crippen LogP contribution in [0.1, 0.15) is 32.1 Å². The largest absolute Gasteiger partial charge is 0.400 e. The molecular formula is C9H19NO. The Balaban J connectivity index is 0.000000281. The van der Waals surface area contributed by atoms with Crippen molar-refractivity contribution in [2.75, 3.05) is 20.2 Å². The summed E-state index contributed by atoms with van der Waals surface area (Å²) < 4.78 is 0. The highest BCUT2D eigenvalue weighted by atomic mass is 16.2. The summed E-state index contributed by atoms with van der Waals surface area (Å²) in [5, 5.41) is 7.00. The van der Waals surface area contributed by atoms with Crippen molar-refractivity contribution in [3.63, 3.8) is 0 Å². The lowest BCUT2D eigenvalue weighted by Crippen LogP contribution is -2.33. The maximum absolute atomic E-state index is 7.00. The molecule has 2 aliphatic heterocycles. The fraction of sp³-hybridized carbons (Fsp3) is 1.00. The second kappa shape index (κ2) is 4.73. The van der Waals surface area contributed by atoms with Gasteiger partial charge in [-0.1, -0.05) is 6.42 Å². The standard InChI is InChI=1S/C8H15N.CH4O/c1-2-6-9-7-3-5-8(9)4-1;1-2/h8H,1-7H2;2H,1H3. The fourth-order valence-electron chi connectivity index (χ4n) is 2.21. The molecule has 0 radical (unpaired) electrons. The normalized spacial score (nSPS) is 30.5. The molecule has 2 heterocycles. The van der Waals surface area contributed by atoms with Crippen LogP contribution in [0.25, 0.3) is 0 Å². The van der Waals surface area contributed by atoms with Crippen molar-refractivity contribution >= 4 is 0 Å². The average molecular weight is 157 g/mol. The molecule has 2 aliphatic rings. The SMILES string of the molecule is C1CCN2CCCC2C1.CO. The van der Waals surface area contributed by atoms with E-state index in [0.717, 1.165) is 13.2 Å². The number of nitrogens with zero attached hydrogens (tertiary/aromatic N) is 1. The van der Waals surface area contributed by atoms with Crippen LogP contribution in [-0.2, 0) is 0 Å². The molecule has 1 atom stereocenters. The molecule has 2 nitrogen and oxygen atoms in total. The Bertz CT molecular complexity index is 93.7. The number of aliphatic hydroxyl groups excluding tert-OH is 1. The summed E-state index contributed by atoms with van der Waals surface area (Å²) in [6.07, 6.45) is 7.38. The highest BCUT2D eigenvalue weighted by Crippen LogP contribution is 2.25. The van der Waals surface area contributed by atoms with Crippen molar-refractivity contribution in [2.45, 2.75) is 38.1 Å². The molecule has 0 bridgehead atoms. The Morgan fingerprint density at radius 3 is 2.36 bits per heavy atom. The van der Waals surface area contributed by atoms with E-state index < -0.39 is 0 Å². The zero-order valence-corrected chi connectivity index (χ0v) is 7.42. The van der Waals surface area contributed by atoms with E-state index in [0.29, 0.717) is 0 Å². The molecule has 0 spiro atoms. The van der Waals surface area contributed by atoms with E-state index in [9.17, 15) is 0 Å². The lowest BCUT2D eigenvalue weighted by atomic mass is 10.0. The summed E-state index contributed by atoms with van der Waals surface area (Å²) in [6, 6.07) is 0.999. The summed E-state index contributed by atoms with van der Waals surface area (Å²) in [4.78, 5) is 2.67. The maximum Gasteiger partial charge on any atom is 0.0319 e. The van der Waals surface area contributed by atoms with Gasteiger partial charge in [0.1, 0.15) is 0 Å². The first-order chi connectivity index (χ1) is 5.47. The van der Waals surface area contributed by atoms with Crippen LogP contribution in [-0.4, -0.2) is 36.2 Å². The van der Waals surface area contributed by atoms with Gasteiger partial charge in [0.2, 0.25) is 0 Å². The first kappa shape index (κ1) is 9.01. The van der Waals surface area contributed by atoms with Crippen LogP contribution in [0.5, 0.6) is 0 Å². The Kier molecular flexibility index (Phi) is 3.87. The lowest BCUT2D eigenvalue weighted by Gasteiger charge is -2.28. The second-order valence-corrected chi connectivity index (χ2v) is 3.33. The van der Waals surface area contributed by atoms with Crippen LogP contribution < -0.4 is 0 Å². The number of rotatable bonds is 0. The molecule has 0 aromatic carbocycles. The molecule has 0 aromatic heterocycles. The third-order valence-electron chi connectivity index (χ3n) is 2.73. The van der Waals surface area contributed by atoms with Crippen LogP contribution >= 0.6 is 0 Å². The minimum atomic E-state index is 0.999. The van der Waals surface area contributed by atoms with E-state index in [2.05, 4.69) is 4.90 Å². The van der Waals surface area contributed by atoms with Gasteiger partial charge in [0.25, 0.3) is 0 Å². The zero-order chi connectivity index (χ0) is 8.10. The van der Waals surface area contributed by atoms with Gasteiger partial charge in [0, 0.05) is 13.2 Å². The maximum atomic E-state index is 7.00. The highest BCUT2D eigenvalue weighted by molar-refractivity contribution is 4.81. The van der Waals surface area contributed by atoms with Crippen molar-refractivity contribution in [1.82, 2.24) is 4.90 Å². The number of piperidine rings is 1. The minimum absolute atomic E-state index is 0.999. The smallest absolute Gasteiger partial charge is 0.0319 e. The van der Waals surface area contributed by atoms with Crippen LogP contribution in [0.15, 0.2) is 0 Å². The Hall–Kier alpha value is -0.0800. The van der Waals surface area contributed by atoms with Crippen LogP contribution in [0.3, 0.4) is 0 Å². The van der Waals surface area contributed by atoms with Gasteiger partial charge in [0.05, 0.1) is 0 Å². The third-order valence-corrected chi connectivity index (χ3v) is 2.73. The van der Waals surface area contributed by atoms with Gasteiger partial charge in [0.15, 0.2) is 0 Å². The van der Waals surface area contributed by atoms with Gasteiger partial charge in [-0.25, -0.2) is 0 Å². The fourth-order valence-corrected chi connectivity index (χ4v) is 2.21. The van der Waals surface area contributed by atoms with Crippen molar-refractivity contribution in [2.24, 2.45) is 0 Å². The van der Waals surface area contributed by atoms with Gasteiger partial charge in [-0.05, 0) is 38.8 Å². The van der Waals surface area contributed by atoms with E-state index in [1.165, 1.54) is 45.2 Å². The van der Waals surface area contributed by atoms with E-state index in [1.54, 1.807) is 0 Å². The molecular weight excluding hydrogens is 138 g/mol. The molecule has 0 amide bonds. The highest BCUT2D eigenvalue weighted by Gasteiger charge is 2.25. The Morgan fingerprint density at radius 1 is 1.00 bits per heavy atom. The van der Waals surface area contributed by atoms with Gasteiger partial charge >= 0.3 is 0 Å². The predicted octanol–water partition coefficient (Wildman–Crippen LogP) is 1.24. The number of hydrogen-bond donors (Lipinski definition) is 1. The summed E-state index contributed by atoms with van der Waals surface area (Å²) >= 11 is 0. The van der Waals surface area contributed by atoms with Crippen molar-refractivity contribution in [1.29, 1.82) is 0 Å². The summed E-state index contributed by atoms with van der Waals surface area (Å²) in [5.74, 6) is 0. The van der Waals surface area contributed by atoms with Crippen molar-refractivity contribution < 1.29 is 5.11 Å². The molecule has 2 rings (SSSR count). The molecule has 0 aromatic rings. The number of fused-ring (bicyclic) bond motifs is 1. The Labute approximate surface area is 69.2 Å². The topological polar surface area (TPSA) is 23.5 Å². The summed E-state index contributed by atoms with van der Waals surface area (Å²) in [6.45, 7) is 2.79. The monoisotopic (exact) mass is 157 g/mol. The lowest BCUT2D eigenvalue weighted by molar-refractivity contribution is 0.198. The molecule has 66 valence electrons. The van der Waals surface area contributed by atoms with E-state index in [4.69, 9.17) is 5.11 Å². The van der Waals surface area contributed by atoms with Crippen LogP contribution in [0.4, 0.5) is 0 Å². The second-order valence-electron chi connectivity index (χ2n) is 3.33. The first-order valence-electron chi connectivity index (χ1n) is 4.65. The molecule has 11 heavy (non-hydrogen) atoms. The van der Waals surface area contributed by atoms with E-state index >= 15 is 0 Å². The van der Waals surface area contributed by atoms with Crippen molar-refractivity contribution in [3.05, 3.63) is 0 Å². The third kappa shape index (κ3) is 2.17. The van der Waals surface area contributed by atoms with Gasteiger partial charge in [-0.2, -0.15) is 0 Å². The zero-order valence-electron chi connectivity index (χ0n) is 7.42. The average Bonchev–Trinajstić information content (AvgIpc) is 2.55. The molecule has 2 fully saturated rings. The van der Waals surface area contributed by atoms with Crippen LogP contribution in [0.2, 0.25) is 0 Å². The minimum Gasteiger partial charge on any atom is -0.400 e. The molecule has 2 heteroatoms. The molecule has 2 saturated heterocycles. The van der Waals surface area contributed by atoms with Crippen LogP contribution in [0, 0.1) is 0 Å². The summed E-state index contributed by atoms with van der Waals surface area (Å²) in [7, 11) is 1.00. The number of aliphatic hydroxyl groups is 1. The van der Waals surface area contributed by atoms with E-state index in [-0.39, 0.29) is 0 Å². The van der Waals surface area contributed by atoms with Gasteiger partial charge in [-0.3, -0.25) is 0 Å². The quantitative estimate of drug-likeness (QED) is 0.572. The van der Waals surface area contributed by atoms with E-state index in [1.807, 2.05) is 0 Å². The predicted molar refractivity (Wildman–Crippen MR) is 46.6 cm³/mol. The van der Waals surface area contributed by atoms with Gasteiger partial charge in [-0.15, -0.1) is 0 Å². The molecule has 0 aliphatic carbocycles.